The van der Waals surface area contributed by atoms with Gasteiger partial charge in [-0.15, -0.1) is 11.3 Å². The Balaban J connectivity index is 2.15. The van der Waals surface area contributed by atoms with Crippen LogP contribution in [-0.2, 0) is 6.42 Å². The van der Waals surface area contributed by atoms with E-state index in [1.54, 1.807) is 29.7 Å². The van der Waals surface area contributed by atoms with Gasteiger partial charge in [0, 0.05) is 30.6 Å². The highest BCUT2D eigenvalue weighted by molar-refractivity contribution is 7.09. The Morgan fingerprint density at radius 3 is 2.94 bits per heavy atom. The van der Waals surface area contributed by atoms with Gasteiger partial charge in [-0.2, -0.15) is 0 Å². The number of thiophene rings is 1. The van der Waals surface area contributed by atoms with Crippen molar-refractivity contribution in [3.05, 3.63) is 46.3 Å². The average Bonchev–Trinajstić information content (AvgIpc) is 2.90. The number of carbonyl (C=O) groups excluding carboxylic acids is 1. The molecule has 94 valence electrons. The molecule has 0 aliphatic carbocycles. The van der Waals surface area contributed by atoms with E-state index in [9.17, 15) is 4.79 Å². The number of aromatic nitrogens is 1. The molecule has 18 heavy (non-hydrogen) atoms. The molecular formula is C14H16N2OS. The van der Waals surface area contributed by atoms with Crippen LogP contribution in [0.4, 0.5) is 5.82 Å². The first-order valence-electron chi connectivity index (χ1n) is 5.87. The summed E-state index contributed by atoms with van der Waals surface area (Å²) in [5.41, 5.74) is 0.637. The van der Waals surface area contributed by atoms with Crippen molar-refractivity contribution < 1.29 is 4.79 Å². The minimum atomic E-state index is 0.303. The van der Waals surface area contributed by atoms with Crippen LogP contribution < -0.4 is 4.90 Å². The molecule has 0 N–H and O–H groups in total. The molecule has 0 bridgehead atoms. The molecule has 0 saturated heterocycles. The van der Waals surface area contributed by atoms with Crippen LogP contribution in [0, 0.1) is 0 Å². The highest BCUT2D eigenvalue weighted by Gasteiger charge is 2.15. The van der Waals surface area contributed by atoms with Crippen molar-refractivity contribution >= 4 is 23.4 Å². The Bertz CT molecular complexity index is 510. The summed E-state index contributed by atoms with van der Waals surface area (Å²) in [4.78, 5) is 18.7. The van der Waals surface area contributed by atoms with Crippen LogP contribution >= 0.6 is 11.3 Å². The minimum Gasteiger partial charge on any atom is -0.356 e. The van der Waals surface area contributed by atoms with Gasteiger partial charge in [-0.3, -0.25) is 4.79 Å². The molecule has 2 heterocycles. The van der Waals surface area contributed by atoms with Gasteiger partial charge < -0.3 is 4.90 Å². The Kier molecular flexibility index (Phi) is 4.10. The molecule has 2 rings (SSSR count). The molecule has 2 aromatic rings. The first-order valence-corrected chi connectivity index (χ1v) is 6.75. The monoisotopic (exact) mass is 260 g/mol. The molecule has 0 aliphatic rings. The summed E-state index contributed by atoms with van der Waals surface area (Å²) >= 11 is 1.76. The third-order valence-electron chi connectivity index (χ3n) is 3.02. The molecule has 3 nitrogen and oxygen atoms in total. The predicted octanol–water partition coefficient (Wildman–Crippen LogP) is 3.02. The fourth-order valence-electron chi connectivity index (χ4n) is 1.86. The lowest BCUT2D eigenvalue weighted by Crippen LogP contribution is -2.32. The topological polar surface area (TPSA) is 33.2 Å². The zero-order valence-electron chi connectivity index (χ0n) is 10.5. The van der Waals surface area contributed by atoms with Crippen LogP contribution in [0.3, 0.4) is 0 Å². The van der Waals surface area contributed by atoms with E-state index in [0.29, 0.717) is 11.6 Å². The van der Waals surface area contributed by atoms with Crippen LogP contribution in [-0.4, -0.2) is 24.4 Å². The lowest BCUT2D eigenvalue weighted by molar-refractivity contribution is 0.112. The van der Waals surface area contributed by atoms with Crippen LogP contribution in [0.15, 0.2) is 35.8 Å². The third kappa shape index (κ3) is 2.76. The second kappa shape index (κ2) is 5.78. The van der Waals surface area contributed by atoms with Crippen molar-refractivity contribution in [3.63, 3.8) is 0 Å². The number of anilines is 1. The Morgan fingerprint density at radius 1 is 1.44 bits per heavy atom. The third-order valence-corrected chi connectivity index (χ3v) is 3.91. The number of likely N-dealkylation sites (N-methyl/N-ethyl adjacent to an activating group) is 1. The number of rotatable bonds is 5. The highest BCUT2D eigenvalue weighted by Crippen LogP contribution is 2.19. The number of carbonyl (C=O) groups is 1. The molecule has 0 amide bonds. The molecule has 0 saturated carbocycles. The maximum atomic E-state index is 11.0. The summed E-state index contributed by atoms with van der Waals surface area (Å²) in [6.07, 6.45) is 3.54. The molecule has 0 fully saturated rings. The van der Waals surface area contributed by atoms with E-state index in [0.717, 1.165) is 18.5 Å². The van der Waals surface area contributed by atoms with Crippen molar-refractivity contribution in [3.8, 4) is 0 Å². The quantitative estimate of drug-likeness (QED) is 0.775. The molecule has 2 aromatic heterocycles. The SMILES string of the molecule is CC(Cc1cccs1)N(C)c1ncccc1C=O. The van der Waals surface area contributed by atoms with E-state index in [2.05, 4.69) is 34.3 Å². The van der Waals surface area contributed by atoms with Gasteiger partial charge >= 0.3 is 0 Å². The Hall–Kier alpha value is -1.68. The van der Waals surface area contributed by atoms with Crippen LogP contribution in [0.5, 0.6) is 0 Å². The summed E-state index contributed by atoms with van der Waals surface area (Å²) in [5.74, 6) is 0.747. The van der Waals surface area contributed by atoms with Gasteiger partial charge in [0.05, 0.1) is 5.56 Å². The van der Waals surface area contributed by atoms with Gasteiger partial charge in [0.15, 0.2) is 6.29 Å². The summed E-state index contributed by atoms with van der Waals surface area (Å²) in [6, 6.07) is 8.07. The Morgan fingerprint density at radius 2 is 2.28 bits per heavy atom. The van der Waals surface area contributed by atoms with E-state index in [1.165, 1.54) is 4.88 Å². The summed E-state index contributed by atoms with van der Waals surface area (Å²) < 4.78 is 0. The van der Waals surface area contributed by atoms with E-state index in [1.807, 2.05) is 7.05 Å². The molecule has 0 aliphatic heterocycles. The highest BCUT2D eigenvalue weighted by atomic mass is 32.1. The van der Waals surface area contributed by atoms with Crippen molar-refractivity contribution in [1.29, 1.82) is 0 Å². The second-order valence-corrected chi connectivity index (χ2v) is 5.31. The summed E-state index contributed by atoms with van der Waals surface area (Å²) in [7, 11) is 1.98. The molecule has 1 atom stereocenters. The lowest BCUT2D eigenvalue weighted by atomic mass is 10.1. The van der Waals surface area contributed by atoms with Crippen molar-refractivity contribution in [2.45, 2.75) is 19.4 Å². The van der Waals surface area contributed by atoms with Gasteiger partial charge in [-0.1, -0.05) is 6.07 Å². The standard InChI is InChI=1S/C14H16N2OS/c1-11(9-13-6-4-8-18-13)16(2)14-12(10-17)5-3-7-15-14/h3-8,10-11H,9H2,1-2H3. The van der Waals surface area contributed by atoms with Crippen molar-refractivity contribution in [2.75, 3.05) is 11.9 Å². The smallest absolute Gasteiger partial charge is 0.153 e. The molecule has 1 unspecified atom stereocenters. The van der Waals surface area contributed by atoms with Crippen molar-refractivity contribution in [1.82, 2.24) is 4.98 Å². The molecule has 0 spiro atoms. The summed E-state index contributed by atoms with van der Waals surface area (Å²) in [5, 5.41) is 2.08. The maximum Gasteiger partial charge on any atom is 0.153 e. The number of hydrogen-bond acceptors (Lipinski definition) is 4. The van der Waals surface area contributed by atoms with Crippen LogP contribution in [0.25, 0.3) is 0 Å². The zero-order valence-corrected chi connectivity index (χ0v) is 11.4. The average molecular weight is 260 g/mol. The van der Waals surface area contributed by atoms with E-state index in [4.69, 9.17) is 0 Å². The number of nitrogens with zero attached hydrogens (tertiary/aromatic N) is 2. The van der Waals surface area contributed by atoms with Gasteiger partial charge in [0.1, 0.15) is 5.82 Å². The largest absolute Gasteiger partial charge is 0.356 e. The zero-order chi connectivity index (χ0) is 13.0. The summed E-state index contributed by atoms with van der Waals surface area (Å²) in [6.45, 7) is 2.14. The van der Waals surface area contributed by atoms with E-state index in [-0.39, 0.29) is 0 Å². The number of hydrogen-bond donors (Lipinski definition) is 0. The van der Waals surface area contributed by atoms with E-state index < -0.39 is 0 Å². The predicted molar refractivity (Wildman–Crippen MR) is 75.5 cm³/mol. The number of pyridine rings is 1. The van der Waals surface area contributed by atoms with Gasteiger partial charge in [0.2, 0.25) is 0 Å². The molecule has 0 aromatic carbocycles. The van der Waals surface area contributed by atoms with Gasteiger partial charge in [-0.25, -0.2) is 4.98 Å². The van der Waals surface area contributed by atoms with Crippen molar-refractivity contribution in [2.24, 2.45) is 0 Å². The van der Waals surface area contributed by atoms with E-state index >= 15 is 0 Å². The first-order chi connectivity index (χ1) is 8.72. The Labute approximate surface area is 111 Å². The lowest BCUT2D eigenvalue weighted by Gasteiger charge is -2.26. The fourth-order valence-corrected chi connectivity index (χ4v) is 2.69. The van der Waals surface area contributed by atoms with Crippen LogP contribution in [0.1, 0.15) is 22.2 Å². The molecular weight excluding hydrogens is 244 g/mol. The fraction of sp³-hybridized carbons (Fsp3) is 0.286. The normalized spacial score (nSPS) is 12.1. The molecule has 4 heteroatoms. The van der Waals surface area contributed by atoms with Gasteiger partial charge in [-0.05, 0) is 30.5 Å². The first kappa shape index (κ1) is 12.8. The molecule has 0 radical (unpaired) electrons. The minimum absolute atomic E-state index is 0.303. The van der Waals surface area contributed by atoms with Gasteiger partial charge in [0.25, 0.3) is 0 Å². The maximum absolute atomic E-state index is 11.0. The number of aldehydes is 1. The van der Waals surface area contributed by atoms with Crippen LogP contribution in [0.2, 0.25) is 0 Å². The second-order valence-electron chi connectivity index (χ2n) is 4.28.